The minimum atomic E-state index is -0.311. The predicted molar refractivity (Wildman–Crippen MR) is 84.9 cm³/mol. The fraction of sp³-hybridized carbons (Fsp3) is 0.333. The summed E-state index contributed by atoms with van der Waals surface area (Å²) in [6.45, 7) is 0.669. The third-order valence-electron chi connectivity index (χ3n) is 3.13. The fourth-order valence-corrected chi connectivity index (χ4v) is 1.85. The third-order valence-corrected chi connectivity index (χ3v) is 3.13. The van der Waals surface area contributed by atoms with Gasteiger partial charge in [0, 0.05) is 52.2 Å². The molecule has 2 rings (SSSR count). The lowest BCUT2D eigenvalue weighted by molar-refractivity contribution is -0.128. The summed E-state index contributed by atoms with van der Waals surface area (Å²) >= 11 is 0. The summed E-state index contributed by atoms with van der Waals surface area (Å²) in [5, 5.41) is 9.50. The molecule has 2 aromatic rings. The summed E-state index contributed by atoms with van der Waals surface area (Å²) in [6, 6.07) is 5.18. The number of rotatable bonds is 6. The SMILES string of the molecule is CN(C)C(=O)CCNC(=O)NCc1ccnc(-n2cccn2)c1. The van der Waals surface area contributed by atoms with E-state index < -0.39 is 0 Å². The molecule has 0 unspecified atom stereocenters. The smallest absolute Gasteiger partial charge is 0.315 e. The van der Waals surface area contributed by atoms with Gasteiger partial charge in [-0.2, -0.15) is 5.10 Å². The number of aromatic nitrogens is 3. The Labute approximate surface area is 134 Å². The molecule has 2 N–H and O–H groups in total. The minimum absolute atomic E-state index is 0.0247. The van der Waals surface area contributed by atoms with Crippen LogP contribution in [0.4, 0.5) is 4.79 Å². The number of amides is 3. The number of hydrogen-bond acceptors (Lipinski definition) is 4. The van der Waals surface area contributed by atoms with E-state index in [1.54, 1.807) is 37.4 Å². The molecular formula is C15H20N6O2. The van der Waals surface area contributed by atoms with Crippen molar-refractivity contribution < 1.29 is 9.59 Å². The highest BCUT2D eigenvalue weighted by atomic mass is 16.2. The van der Waals surface area contributed by atoms with Gasteiger partial charge in [0.1, 0.15) is 0 Å². The van der Waals surface area contributed by atoms with Crippen LogP contribution in [0.1, 0.15) is 12.0 Å². The normalized spacial score (nSPS) is 10.2. The molecular weight excluding hydrogens is 296 g/mol. The van der Waals surface area contributed by atoms with Crippen LogP contribution < -0.4 is 10.6 Å². The fourth-order valence-electron chi connectivity index (χ4n) is 1.85. The van der Waals surface area contributed by atoms with E-state index in [1.165, 1.54) is 4.90 Å². The standard InChI is InChI=1S/C15H20N6O2/c1-20(2)14(22)5-8-17-15(23)18-11-12-4-7-16-13(10-12)21-9-3-6-19-21/h3-4,6-7,9-10H,5,8,11H2,1-2H3,(H2,17,18,23). The Morgan fingerprint density at radius 2 is 2.09 bits per heavy atom. The first kappa shape index (κ1) is 16.5. The van der Waals surface area contributed by atoms with Crippen molar-refractivity contribution in [3.05, 3.63) is 42.4 Å². The van der Waals surface area contributed by atoms with Crippen LogP contribution in [0.3, 0.4) is 0 Å². The Balaban J connectivity index is 1.78. The van der Waals surface area contributed by atoms with Crippen molar-refractivity contribution in [2.75, 3.05) is 20.6 Å². The number of nitrogens with zero attached hydrogens (tertiary/aromatic N) is 4. The lowest BCUT2D eigenvalue weighted by Crippen LogP contribution is -2.37. The summed E-state index contributed by atoms with van der Waals surface area (Å²) in [5.41, 5.74) is 0.907. The Bertz CT molecular complexity index is 654. The van der Waals surface area contributed by atoms with E-state index in [0.29, 0.717) is 18.9 Å². The van der Waals surface area contributed by atoms with Gasteiger partial charge in [0.05, 0.1) is 0 Å². The summed E-state index contributed by atoms with van der Waals surface area (Å²) in [5.74, 6) is 0.662. The highest BCUT2D eigenvalue weighted by Crippen LogP contribution is 2.05. The molecule has 0 aromatic carbocycles. The zero-order valence-corrected chi connectivity index (χ0v) is 13.2. The number of nitrogens with one attached hydrogen (secondary N) is 2. The van der Waals surface area contributed by atoms with Crippen molar-refractivity contribution in [2.24, 2.45) is 0 Å². The van der Waals surface area contributed by atoms with Crippen LogP contribution in [0.5, 0.6) is 0 Å². The molecule has 0 atom stereocenters. The van der Waals surface area contributed by atoms with Gasteiger partial charge in [-0.05, 0) is 23.8 Å². The van der Waals surface area contributed by atoms with Gasteiger partial charge in [-0.1, -0.05) is 0 Å². The van der Waals surface area contributed by atoms with Gasteiger partial charge >= 0.3 is 6.03 Å². The number of urea groups is 1. The highest BCUT2D eigenvalue weighted by Gasteiger charge is 2.06. The lowest BCUT2D eigenvalue weighted by Gasteiger charge is -2.11. The van der Waals surface area contributed by atoms with Gasteiger partial charge in [0.15, 0.2) is 5.82 Å². The van der Waals surface area contributed by atoms with Gasteiger partial charge in [-0.25, -0.2) is 14.5 Å². The molecule has 23 heavy (non-hydrogen) atoms. The van der Waals surface area contributed by atoms with Crippen molar-refractivity contribution >= 4 is 11.9 Å². The van der Waals surface area contributed by atoms with E-state index in [-0.39, 0.29) is 18.4 Å². The Morgan fingerprint density at radius 1 is 1.26 bits per heavy atom. The van der Waals surface area contributed by atoms with Gasteiger partial charge in [-0.3, -0.25) is 4.79 Å². The molecule has 0 saturated carbocycles. The first-order valence-corrected chi connectivity index (χ1v) is 7.23. The van der Waals surface area contributed by atoms with E-state index in [2.05, 4.69) is 20.7 Å². The summed E-state index contributed by atoms with van der Waals surface area (Å²) in [4.78, 5) is 28.8. The predicted octanol–water partition coefficient (Wildman–Crippen LogP) is 0.545. The maximum Gasteiger partial charge on any atom is 0.315 e. The maximum atomic E-state index is 11.7. The monoisotopic (exact) mass is 316 g/mol. The van der Waals surface area contributed by atoms with Crippen LogP contribution in [0.15, 0.2) is 36.8 Å². The quantitative estimate of drug-likeness (QED) is 0.814. The van der Waals surface area contributed by atoms with Crippen molar-refractivity contribution in [1.29, 1.82) is 0 Å². The third kappa shape index (κ3) is 5.10. The van der Waals surface area contributed by atoms with Gasteiger partial charge in [-0.15, -0.1) is 0 Å². The highest BCUT2D eigenvalue weighted by molar-refractivity contribution is 5.77. The van der Waals surface area contributed by atoms with Crippen LogP contribution >= 0.6 is 0 Å². The second kappa shape index (κ2) is 7.92. The molecule has 122 valence electrons. The van der Waals surface area contributed by atoms with Crippen LogP contribution in [0.2, 0.25) is 0 Å². The Kier molecular flexibility index (Phi) is 5.67. The van der Waals surface area contributed by atoms with Crippen molar-refractivity contribution in [3.8, 4) is 5.82 Å². The lowest BCUT2D eigenvalue weighted by atomic mass is 10.2. The van der Waals surface area contributed by atoms with E-state index in [0.717, 1.165) is 5.56 Å². The van der Waals surface area contributed by atoms with E-state index in [1.807, 2.05) is 18.2 Å². The number of carbonyl (C=O) groups excluding carboxylic acids is 2. The van der Waals surface area contributed by atoms with Crippen LogP contribution in [0, 0.1) is 0 Å². The van der Waals surface area contributed by atoms with Crippen LogP contribution in [-0.4, -0.2) is 52.2 Å². The number of carbonyl (C=O) groups is 2. The number of pyridine rings is 1. The average Bonchev–Trinajstić information content (AvgIpc) is 3.07. The Morgan fingerprint density at radius 3 is 2.78 bits per heavy atom. The molecule has 2 aromatic heterocycles. The zero-order valence-electron chi connectivity index (χ0n) is 13.2. The number of hydrogen-bond donors (Lipinski definition) is 2. The van der Waals surface area contributed by atoms with Crippen molar-refractivity contribution in [3.63, 3.8) is 0 Å². The van der Waals surface area contributed by atoms with Gasteiger partial charge in [0.2, 0.25) is 5.91 Å². The van der Waals surface area contributed by atoms with Crippen LogP contribution in [0.25, 0.3) is 5.82 Å². The van der Waals surface area contributed by atoms with Crippen LogP contribution in [-0.2, 0) is 11.3 Å². The van der Waals surface area contributed by atoms with E-state index in [4.69, 9.17) is 0 Å². The molecule has 0 fully saturated rings. The molecule has 0 saturated heterocycles. The molecule has 0 radical (unpaired) electrons. The van der Waals surface area contributed by atoms with E-state index in [9.17, 15) is 9.59 Å². The molecule has 0 bridgehead atoms. The first-order valence-electron chi connectivity index (χ1n) is 7.23. The molecule has 0 spiro atoms. The molecule has 8 heteroatoms. The average molecular weight is 316 g/mol. The topological polar surface area (TPSA) is 92.2 Å². The first-order chi connectivity index (χ1) is 11.1. The summed E-state index contributed by atoms with van der Waals surface area (Å²) in [6.07, 6.45) is 5.42. The second-order valence-corrected chi connectivity index (χ2v) is 5.12. The molecule has 0 aliphatic carbocycles. The van der Waals surface area contributed by atoms with Gasteiger partial charge in [0.25, 0.3) is 0 Å². The van der Waals surface area contributed by atoms with Crippen molar-refractivity contribution in [2.45, 2.75) is 13.0 Å². The second-order valence-electron chi connectivity index (χ2n) is 5.12. The molecule has 0 aliphatic rings. The zero-order chi connectivity index (χ0) is 16.7. The largest absolute Gasteiger partial charge is 0.349 e. The summed E-state index contributed by atoms with van der Waals surface area (Å²) in [7, 11) is 3.37. The summed E-state index contributed by atoms with van der Waals surface area (Å²) < 4.78 is 1.65. The molecule has 2 heterocycles. The van der Waals surface area contributed by atoms with Gasteiger partial charge < -0.3 is 15.5 Å². The van der Waals surface area contributed by atoms with E-state index >= 15 is 0 Å². The molecule has 8 nitrogen and oxygen atoms in total. The Hall–Kier alpha value is -2.90. The molecule has 0 aliphatic heterocycles. The minimum Gasteiger partial charge on any atom is -0.349 e. The molecule has 3 amide bonds. The van der Waals surface area contributed by atoms with Crippen molar-refractivity contribution in [1.82, 2.24) is 30.3 Å². The maximum absolute atomic E-state index is 11.7.